The van der Waals surface area contributed by atoms with Gasteiger partial charge in [-0.3, -0.25) is 4.79 Å². The largest absolute Gasteiger partial charge is 0.362 e. The lowest BCUT2D eigenvalue weighted by atomic mass is 10.1. The molecule has 2 aromatic heterocycles. The molecule has 0 unspecified atom stereocenters. The van der Waals surface area contributed by atoms with Gasteiger partial charge in [-0.1, -0.05) is 30.3 Å². The van der Waals surface area contributed by atoms with Gasteiger partial charge in [0.2, 0.25) is 5.91 Å². The molecule has 7 nitrogen and oxygen atoms in total. The highest BCUT2D eigenvalue weighted by Gasteiger charge is 2.18. The second kappa shape index (κ2) is 8.44. The van der Waals surface area contributed by atoms with E-state index in [2.05, 4.69) is 32.5 Å². The Morgan fingerprint density at radius 3 is 2.63 bits per heavy atom. The van der Waals surface area contributed by atoms with E-state index in [1.165, 1.54) is 5.56 Å². The van der Waals surface area contributed by atoms with Crippen molar-refractivity contribution in [2.24, 2.45) is 0 Å². The van der Waals surface area contributed by atoms with Gasteiger partial charge in [-0.25, -0.2) is 14.6 Å². The van der Waals surface area contributed by atoms with Crippen LogP contribution in [0.2, 0.25) is 0 Å². The number of pyridine rings is 1. The molecular formula is C20H24N6O. The van der Waals surface area contributed by atoms with Crippen LogP contribution < -0.4 is 10.2 Å². The van der Waals surface area contributed by atoms with E-state index in [-0.39, 0.29) is 12.3 Å². The summed E-state index contributed by atoms with van der Waals surface area (Å²) in [5.74, 6) is 1.94. The third kappa shape index (κ3) is 4.49. The topological polar surface area (TPSA) is 75.9 Å². The van der Waals surface area contributed by atoms with Crippen molar-refractivity contribution in [3.05, 3.63) is 60.0 Å². The molecule has 0 spiro atoms. The quantitative estimate of drug-likeness (QED) is 0.693. The zero-order chi connectivity index (χ0) is 19.2. The van der Waals surface area contributed by atoms with Crippen LogP contribution in [-0.4, -0.2) is 46.8 Å². The Kier molecular flexibility index (Phi) is 5.80. The third-order valence-corrected chi connectivity index (χ3v) is 4.22. The second-order valence-electron chi connectivity index (χ2n) is 6.43. The number of carbonyl (C=O) groups is 1. The van der Waals surface area contributed by atoms with Gasteiger partial charge < -0.3 is 10.2 Å². The van der Waals surface area contributed by atoms with Gasteiger partial charge in [-0.15, -0.1) is 0 Å². The maximum absolute atomic E-state index is 11.8. The number of hydrogen-bond acceptors (Lipinski definition) is 5. The number of hydrogen-bond donors (Lipinski definition) is 1. The number of aryl methyl sites for hydroxylation is 2. The molecule has 0 saturated heterocycles. The summed E-state index contributed by atoms with van der Waals surface area (Å²) in [4.78, 5) is 22.8. The number of nitrogens with zero attached hydrogens (tertiary/aromatic N) is 5. The average molecular weight is 364 g/mol. The van der Waals surface area contributed by atoms with Crippen molar-refractivity contribution in [3.8, 4) is 11.4 Å². The first-order valence-corrected chi connectivity index (χ1v) is 8.89. The molecule has 0 aliphatic rings. The molecule has 1 N–H and O–H groups in total. The average Bonchev–Trinajstić information content (AvgIpc) is 3.09. The molecule has 27 heavy (non-hydrogen) atoms. The number of nitrogens with one attached hydrogen (secondary N) is 1. The van der Waals surface area contributed by atoms with E-state index in [1.807, 2.05) is 54.0 Å². The van der Waals surface area contributed by atoms with Crippen LogP contribution in [-0.2, 0) is 24.2 Å². The fourth-order valence-electron chi connectivity index (χ4n) is 2.86. The molecule has 7 heteroatoms. The summed E-state index contributed by atoms with van der Waals surface area (Å²) in [6, 6.07) is 14.1. The molecule has 1 aromatic carbocycles. The van der Waals surface area contributed by atoms with Crippen LogP contribution in [0.5, 0.6) is 0 Å². The van der Waals surface area contributed by atoms with E-state index in [4.69, 9.17) is 0 Å². The van der Waals surface area contributed by atoms with Crippen LogP contribution in [0, 0.1) is 0 Å². The minimum absolute atomic E-state index is 0.110. The van der Waals surface area contributed by atoms with Crippen molar-refractivity contribution in [2.75, 3.05) is 26.0 Å². The molecule has 3 rings (SSSR count). The van der Waals surface area contributed by atoms with E-state index >= 15 is 0 Å². The first-order chi connectivity index (χ1) is 13.1. The first kappa shape index (κ1) is 18.6. The molecule has 0 atom stereocenters. The summed E-state index contributed by atoms with van der Waals surface area (Å²) in [7, 11) is 5.50. The van der Waals surface area contributed by atoms with Crippen molar-refractivity contribution in [1.82, 2.24) is 25.1 Å². The Bertz CT molecular complexity index is 904. The number of rotatable bonds is 7. The molecule has 0 fully saturated rings. The normalized spacial score (nSPS) is 10.6. The van der Waals surface area contributed by atoms with Crippen molar-refractivity contribution < 1.29 is 4.79 Å². The number of benzene rings is 1. The Labute approximate surface area is 159 Å². The van der Waals surface area contributed by atoms with Crippen LogP contribution in [0.3, 0.4) is 0 Å². The second-order valence-corrected chi connectivity index (χ2v) is 6.43. The summed E-state index contributed by atoms with van der Waals surface area (Å²) in [5.41, 5.74) is 2.12. The number of amides is 1. The van der Waals surface area contributed by atoms with Crippen LogP contribution in [0.1, 0.15) is 11.4 Å². The SMILES string of the molecule is CNC(=O)Cc1nc(-c2cccnc2N(C)C)n(CCc2ccccc2)n1. The lowest BCUT2D eigenvalue weighted by Crippen LogP contribution is -2.20. The minimum atomic E-state index is -0.110. The Morgan fingerprint density at radius 1 is 1.15 bits per heavy atom. The highest BCUT2D eigenvalue weighted by atomic mass is 16.1. The Morgan fingerprint density at radius 2 is 1.93 bits per heavy atom. The van der Waals surface area contributed by atoms with Gasteiger partial charge in [0.05, 0.1) is 12.0 Å². The van der Waals surface area contributed by atoms with E-state index in [1.54, 1.807) is 13.2 Å². The maximum atomic E-state index is 11.8. The fourth-order valence-corrected chi connectivity index (χ4v) is 2.86. The van der Waals surface area contributed by atoms with Crippen molar-refractivity contribution >= 4 is 11.7 Å². The summed E-state index contributed by atoms with van der Waals surface area (Å²) >= 11 is 0. The van der Waals surface area contributed by atoms with Crippen LogP contribution >= 0.6 is 0 Å². The number of carbonyl (C=O) groups excluding carboxylic acids is 1. The van der Waals surface area contributed by atoms with Crippen LogP contribution in [0.15, 0.2) is 48.7 Å². The minimum Gasteiger partial charge on any atom is -0.362 e. The maximum Gasteiger partial charge on any atom is 0.227 e. The van der Waals surface area contributed by atoms with E-state index < -0.39 is 0 Å². The molecule has 0 bridgehead atoms. The highest BCUT2D eigenvalue weighted by molar-refractivity contribution is 5.77. The number of aromatic nitrogens is 4. The summed E-state index contributed by atoms with van der Waals surface area (Å²) in [5, 5.41) is 7.21. The predicted molar refractivity (Wildman–Crippen MR) is 105 cm³/mol. The molecular weight excluding hydrogens is 340 g/mol. The lowest BCUT2D eigenvalue weighted by molar-refractivity contribution is -0.120. The smallest absolute Gasteiger partial charge is 0.227 e. The van der Waals surface area contributed by atoms with Crippen molar-refractivity contribution in [3.63, 3.8) is 0 Å². The number of likely N-dealkylation sites (N-methyl/N-ethyl adjacent to an activating group) is 1. The van der Waals surface area contributed by atoms with Gasteiger partial charge >= 0.3 is 0 Å². The van der Waals surface area contributed by atoms with E-state index in [0.29, 0.717) is 12.4 Å². The van der Waals surface area contributed by atoms with Gasteiger partial charge in [0.1, 0.15) is 5.82 Å². The lowest BCUT2D eigenvalue weighted by Gasteiger charge is -2.15. The molecule has 0 aliphatic heterocycles. The summed E-state index contributed by atoms with van der Waals surface area (Å²) in [6.07, 6.45) is 2.74. The molecule has 0 radical (unpaired) electrons. The van der Waals surface area contributed by atoms with Gasteiger partial charge in [0.25, 0.3) is 0 Å². The van der Waals surface area contributed by atoms with Crippen LogP contribution in [0.25, 0.3) is 11.4 Å². The molecule has 0 saturated carbocycles. The zero-order valence-electron chi connectivity index (χ0n) is 15.9. The zero-order valence-corrected chi connectivity index (χ0v) is 15.9. The van der Waals surface area contributed by atoms with Gasteiger partial charge in [0, 0.05) is 33.9 Å². The molecule has 140 valence electrons. The van der Waals surface area contributed by atoms with Crippen molar-refractivity contribution in [1.29, 1.82) is 0 Å². The molecule has 3 aromatic rings. The van der Waals surface area contributed by atoms with Gasteiger partial charge in [-0.05, 0) is 24.1 Å². The number of anilines is 1. The van der Waals surface area contributed by atoms with E-state index in [9.17, 15) is 4.79 Å². The first-order valence-electron chi connectivity index (χ1n) is 8.89. The summed E-state index contributed by atoms with van der Waals surface area (Å²) < 4.78 is 1.87. The third-order valence-electron chi connectivity index (χ3n) is 4.22. The summed E-state index contributed by atoms with van der Waals surface area (Å²) in [6.45, 7) is 0.669. The fraction of sp³-hybridized carbons (Fsp3) is 0.300. The standard InChI is InChI=1S/C20H24N6O/c1-21-18(27)14-17-23-20(16-10-7-12-22-19(16)25(2)3)26(24-17)13-11-15-8-5-4-6-9-15/h4-10,12H,11,13-14H2,1-3H3,(H,21,27). The predicted octanol–water partition coefficient (Wildman–Crippen LogP) is 1.94. The van der Waals surface area contributed by atoms with Gasteiger partial charge in [0.15, 0.2) is 11.6 Å². The molecule has 1 amide bonds. The Hall–Kier alpha value is -3.22. The van der Waals surface area contributed by atoms with Gasteiger partial charge in [-0.2, -0.15) is 5.10 Å². The monoisotopic (exact) mass is 364 g/mol. The van der Waals surface area contributed by atoms with E-state index in [0.717, 1.165) is 23.6 Å². The highest BCUT2D eigenvalue weighted by Crippen LogP contribution is 2.26. The Balaban J connectivity index is 1.96. The van der Waals surface area contributed by atoms with Crippen LogP contribution in [0.4, 0.5) is 5.82 Å². The molecule has 0 aliphatic carbocycles. The van der Waals surface area contributed by atoms with Crippen molar-refractivity contribution in [2.45, 2.75) is 19.4 Å². The molecule has 2 heterocycles.